The Bertz CT molecular complexity index is 444. The first-order valence-electron chi connectivity index (χ1n) is 5.38. The van der Waals surface area contributed by atoms with Crippen molar-refractivity contribution in [1.29, 1.82) is 5.26 Å². The van der Waals surface area contributed by atoms with Gasteiger partial charge in [-0.2, -0.15) is 5.26 Å². The minimum atomic E-state index is -0.840. The Morgan fingerprint density at radius 3 is 2.65 bits per heavy atom. The molecule has 2 rings (SSSR count). The highest BCUT2D eigenvalue weighted by Crippen LogP contribution is 2.18. The van der Waals surface area contributed by atoms with Crippen LogP contribution in [-0.4, -0.2) is 47.2 Å². The van der Waals surface area contributed by atoms with Crippen molar-refractivity contribution in [2.75, 3.05) is 26.2 Å². The van der Waals surface area contributed by atoms with Crippen molar-refractivity contribution in [3.63, 3.8) is 0 Å². The van der Waals surface area contributed by atoms with Gasteiger partial charge in [-0.05, 0) is 12.1 Å². The molecule has 0 unspecified atom stereocenters. The molecule has 1 aromatic rings. The Kier molecular flexibility index (Phi) is 3.61. The maximum Gasteiger partial charge on any atom is 0.407 e. The third-order valence-corrected chi connectivity index (χ3v) is 3.77. The summed E-state index contributed by atoms with van der Waals surface area (Å²) in [6, 6.07) is 5.91. The topological polar surface area (TPSA) is 67.6 Å². The summed E-state index contributed by atoms with van der Waals surface area (Å²) in [5.41, 5.74) is 0. The quantitative estimate of drug-likeness (QED) is 0.863. The second-order valence-electron chi connectivity index (χ2n) is 3.92. The van der Waals surface area contributed by atoms with Crippen molar-refractivity contribution in [3.05, 3.63) is 21.9 Å². The number of nitriles is 1. The van der Waals surface area contributed by atoms with Gasteiger partial charge in [-0.15, -0.1) is 11.3 Å². The average Bonchev–Trinajstić information content (AvgIpc) is 2.77. The summed E-state index contributed by atoms with van der Waals surface area (Å²) in [6.45, 7) is 3.44. The van der Waals surface area contributed by atoms with Crippen LogP contribution in [0.25, 0.3) is 0 Å². The Balaban J connectivity index is 1.86. The maximum atomic E-state index is 10.7. The Morgan fingerprint density at radius 1 is 1.41 bits per heavy atom. The lowest BCUT2D eigenvalue weighted by atomic mass is 10.3. The number of thiophene rings is 1. The minimum Gasteiger partial charge on any atom is -0.465 e. The molecule has 1 aliphatic heterocycles. The van der Waals surface area contributed by atoms with Crippen molar-refractivity contribution in [3.8, 4) is 6.07 Å². The largest absolute Gasteiger partial charge is 0.465 e. The zero-order valence-corrected chi connectivity index (χ0v) is 10.1. The van der Waals surface area contributed by atoms with Crippen LogP contribution in [0.15, 0.2) is 12.1 Å². The molecule has 0 spiro atoms. The molecule has 1 aliphatic rings. The average molecular weight is 251 g/mol. The van der Waals surface area contributed by atoms with E-state index in [-0.39, 0.29) is 0 Å². The van der Waals surface area contributed by atoms with E-state index < -0.39 is 6.09 Å². The van der Waals surface area contributed by atoms with E-state index in [1.165, 1.54) is 16.2 Å². The van der Waals surface area contributed by atoms with Gasteiger partial charge in [0.1, 0.15) is 10.9 Å². The fraction of sp³-hybridized carbons (Fsp3) is 0.455. The summed E-state index contributed by atoms with van der Waals surface area (Å²) in [5, 5.41) is 17.6. The lowest BCUT2D eigenvalue weighted by Gasteiger charge is -2.32. The van der Waals surface area contributed by atoms with Gasteiger partial charge in [-0.3, -0.25) is 4.90 Å². The van der Waals surface area contributed by atoms with Crippen LogP contribution in [0.2, 0.25) is 0 Å². The second-order valence-corrected chi connectivity index (χ2v) is 5.09. The van der Waals surface area contributed by atoms with E-state index in [9.17, 15) is 4.79 Å². The zero-order chi connectivity index (χ0) is 12.3. The zero-order valence-electron chi connectivity index (χ0n) is 9.30. The van der Waals surface area contributed by atoms with Crippen LogP contribution in [-0.2, 0) is 6.54 Å². The molecule has 0 aromatic carbocycles. The molecule has 0 atom stereocenters. The first-order valence-corrected chi connectivity index (χ1v) is 6.20. The van der Waals surface area contributed by atoms with E-state index in [1.807, 2.05) is 12.1 Å². The van der Waals surface area contributed by atoms with Gasteiger partial charge in [0.15, 0.2) is 0 Å². The van der Waals surface area contributed by atoms with Crippen molar-refractivity contribution in [2.24, 2.45) is 0 Å². The number of amides is 1. The summed E-state index contributed by atoms with van der Waals surface area (Å²) >= 11 is 1.50. The molecule has 0 saturated carbocycles. The van der Waals surface area contributed by atoms with Gasteiger partial charge in [0, 0.05) is 37.6 Å². The number of carboxylic acid groups (broad SMARTS) is 1. The lowest BCUT2D eigenvalue weighted by molar-refractivity contribution is 0.103. The Labute approximate surface area is 103 Å². The van der Waals surface area contributed by atoms with E-state index in [0.717, 1.165) is 29.4 Å². The Morgan fingerprint density at radius 2 is 2.12 bits per heavy atom. The highest BCUT2D eigenvalue weighted by Gasteiger charge is 2.20. The summed E-state index contributed by atoms with van der Waals surface area (Å²) in [4.78, 5) is 16.3. The fourth-order valence-electron chi connectivity index (χ4n) is 1.84. The molecule has 5 nitrogen and oxygen atoms in total. The highest BCUT2D eigenvalue weighted by molar-refractivity contribution is 7.12. The molecule has 1 N–H and O–H groups in total. The predicted octanol–water partition coefficient (Wildman–Crippen LogP) is 1.42. The summed E-state index contributed by atoms with van der Waals surface area (Å²) in [6.07, 6.45) is -0.840. The van der Waals surface area contributed by atoms with E-state index >= 15 is 0 Å². The molecule has 90 valence electrons. The Hall–Kier alpha value is -1.58. The molecular weight excluding hydrogens is 238 g/mol. The molecule has 1 saturated heterocycles. The van der Waals surface area contributed by atoms with Gasteiger partial charge in [0.05, 0.1) is 0 Å². The third-order valence-electron chi connectivity index (χ3n) is 2.79. The number of nitrogens with zero attached hydrogens (tertiary/aromatic N) is 3. The van der Waals surface area contributed by atoms with Gasteiger partial charge in [0.2, 0.25) is 0 Å². The number of hydrogen-bond donors (Lipinski definition) is 1. The van der Waals surface area contributed by atoms with E-state index in [4.69, 9.17) is 10.4 Å². The molecule has 0 aliphatic carbocycles. The van der Waals surface area contributed by atoms with Gasteiger partial charge in [-0.1, -0.05) is 0 Å². The van der Waals surface area contributed by atoms with Gasteiger partial charge < -0.3 is 10.0 Å². The predicted molar refractivity (Wildman–Crippen MR) is 63.9 cm³/mol. The smallest absolute Gasteiger partial charge is 0.407 e. The molecule has 0 radical (unpaired) electrons. The molecule has 2 heterocycles. The van der Waals surface area contributed by atoms with E-state index in [0.29, 0.717) is 13.1 Å². The van der Waals surface area contributed by atoms with Crippen molar-refractivity contribution in [2.45, 2.75) is 6.54 Å². The lowest BCUT2D eigenvalue weighted by Crippen LogP contribution is -2.47. The maximum absolute atomic E-state index is 10.7. The number of piperazine rings is 1. The first-order chi connectivity index (χ1) is 8.19. The van der Waals surface area contributed by atoms with Crippen molar-refractivity contribution >= 4 is 17.4 Å². The van der Waals surface area contributed by atoms with Gasteiger partial charge in [-0.25, -0.2) is 4.79 Å². The molecule has 6 heteroatoms. The minimum absolute atomic E-state index is 0.561. The third kappa shape index (κ3) is 2.96. The second kappa shape index (κ2) is 5.17. The molecule has 0 bridgehead atoms. The monoisotopic (exact) mass is 251 g/mol. The standard InChI is InChI=1S/C11H13N3O2S/c12-7-9-1-2-10(17-9)8-13-3-5-14(6-4-13)11(15)16/h1-2H,3-6,8H2,(H,15,16). The van der Waals surface area contributed by atoms with Crippen LogP contribution in [0.1, 0.15) is 9.75 Å². The normalized spacial score (nSPS) is 16.8. The molecule has 17 heavy (non-hydrogen) atoms. The van der Waals surface area contributed by atoms with Crippen molar-refractivity contribution < 1.29 is 9.90 Å². The van der Waals surface area contributed by atoms with Crippen LogP contribution in [0, 0.1) is 11.3 Å². The number of rotatable bonds is 2. The fourth-order valence-corrected chi connectivity index (χ4v) is 2.69. The molecular formula is C11H13N3O2S. The van der Waals surface area contributed by atoms with Crippen LogP contribution in [0.5, 0.6) is 0 Å². The van der Waals surface area contributed by atoms with Crippen LogP contribution >= 0.6 is 11.3 Å². The van der Waals surface area contributed by atoms with Crippen molar-refractivity contribution in [1.82, 2.24) is 9.80 Å². The van der Waals surface area contributed by atoms with E-state index in [1.54, 1.807) is 0 Å². The van der Waals surface area contributed by atoms with Crippen LogP contribution in [0.4, 0.5) is 4.79 Å². The molecule has 1 aromatic heterocycles. The highest BCUT2D eigenvalue weighted by atomic mass is 32.1. The van der Waals surface area contributed by atoms with Crippen LogP contribution in [0.3, 0.4) is 0 Å². The summed E-state index contributed by atoms with van der Waals surface area (Å²) < 4.78 is 0. The summed E-state index contributed by atoms with van der Waals surface area (Å²) in [7, 11) is 0. The molecule has 1 fully saturated rings. The van der Waals surface area contributed by atoms with Gasteiger partial charge in [0.25, 0.3) is 0 Å². The molecule has 1 amide bonds. The SMILES string of the molecule is N#Cc1ccc(CN2CCN(C(=O)O)CC2)s1. The first kappa shape index (κ1) is 11.9. The number of carbonyl (C=O) groups is 1. The number of hydrogen-bond acceptors (Lipinski definition) is 4. The van der Waals surface area contributed by atoms with E-state index in [2.05, 4.69) is 11.0 Å². The van der Waals surface area contributed by atoms with Crippen LogP contribution < -0.4 is 0 Å². The summed E-state index contributed by atoms with van der Waals surface area (Å²) in [5.74, 6) is 0. The van der Waals surface area contributed by atoms with Gasteiger partial charge >= 0.3 is 6.09 Å².